The summed E-state index contributed by atoms with van der Waals surface area (Å²) in [6.45, 7) is 2.87. The lowest BCUT2D eigenvalue weighted by Gasteiger charge is -2.00. The van der Waals surface area contributed by atoms with E-state index in [1.807, 2.05) is 12.3 Å². The number of nitrogens with two attached hydrogens (primary N) is 1. The van der Waals surface area contributed by atoms with Gasteiger partial charge in [-0.15, -0.1) is 0 Å². The fraction of sp³-hybridized carbons (Fsp3) is 0.533. The van der Waals surface area contributed by atoms with E-state index in [1.165, 1.54) is 6.42 Å². The molecule has 2 aromatic rings. The topological polar surface area (TPSA) is 77.8 Å². The highest BCUT2D eigenvalue weighted by atomic mass is 16.5. The van der Waals surface area contributed by atoms with E-state index < -0.39 is 0 Å². The molecule has 0 fully saturated rings. The average Bonchev–Trinajstić information content (AvgIpc) is 2.95. The van der Waals surface area contributed by atoms with Gasteiger partial charge in [-0.3, -0.25) is 4.98 Å². The first-order valence-electron chi connectivity index (χ1n) is 7.31. The zero-order chi connectivity index (χ0) is 14.2. The Morgan fingerprint density at radius 3 is 2.85 bits per heavy atom. The predicted molar refractivity (Wildman–Crippen MR) is 78.1 cm³/mol. The van der Waals surface area contributed by atoms with Gasteiger partial charge < -0.3 is 10.3 Å². The molecule has 2 rings (SSSR count). The summed E-state index contributed by atoms with van der Waals surface area (Å²) in [6, 6.07) is 1.94. The summed E-state index contributed by atoms with van der Waals surface area (Å²) in [5.41, 5.74) is 7.63. The van der Waals surface area contributed by atoms with Crippen molar-refractivity contribution in [3.8, 4) is 11.4 Å². The van der Waals surface area contributed by atoms with Gasteiger partial charge in [-0.05, 0) is 37.4 Å². The molecule has 0 radical (unpaired) electrons. The Morgan fingerprint density at radius 2 is 2.05 bits per heavy atom. The number of unbranched alkanes of at least 4 members (excludes halogenated alkanes) is 3. The molecule has 2 aromatic heterocycles. The van der Waals surface area contributed by atoms with Gasteiger partial charge in [0, 0.05) is 24.4 Å². The molecular weight excluding hydrogens is 252 g/mol. The molecule has 2 N–H and O–H groups in total. The highest BCUT2D eigenvalue weighted by molar-refractivity contribution is 5.58. The summed E-state index contributed by atoms with van der Waals surface area (Å²) in [6.07, 6.45) is 9.85. The number of hydrogen-bond acceptors (Lipinski definition) is 5. The van der Waals surface area contributed by atoms with Crippen LogP contribution in [0.3, 0.4) is 0 Å². The van der Waals surface area contributed by atoms with Gasteiger partial charge in [0.05, 0.1) is 0 Å². The Balaban J connectivity index is 1.95. The second-order valence-corrected chi connectivity index (χ2v) is 4.85. The molecule has 5 heteroatoms. The van der Waals surface area contributed by atoms with E-state index in [-0.39, 0.29) is 0 Å². The molecule has 0 spiro atoms. The fourth-order valence-corrected chi connectivity index (χ4v) is 2.17. The van der Waals surface area contributed by atoms with Crippen molar-refractivity contribution >= 4 is 0 Å². The van der Waals surface area contributed by atoms with E-state index in [1.54, 1.807) is 6.20 Å². The van der Waals surface area contributed by atoms with Gasteiger partial charge in [-0.2, -0.15) is 4.98 Å². The third-order valence-corrected chi connectivity index (χ3v) is 3.34. The van der Waals surface area contributed by atoms with Crippen LogP contribution in [0.5, 0.6) is 0 Å². The fourth-order valence-electron chi connectivity index (χ4n) is 2.17. The van der Waals surface area contributed by atoms with Gasteiger partial charge in [0.25, 0.3) is 0 Å². The van der Waals surface area contributed by atoms with Crippen LogP contribution < -0.4 is 5.73 Å². The maximum Gasteiger partial charge on any atom is 0.226 e. The summed E-state index contributed by atoms with van der Waals surface area (Å²) in [4.78, 5) is 8.61. The normalized spacial score (nSPS) is 10.9. The lowest BCUT2D eigenvalue weighted by atomic mass is 10.1. The van der Waals surface area contributed by atoms with E-state index in [0.717, 1.165) is 49.8 Å². The van der Waals surface area contributed by atoms with E-state index in [9.17, 15) is 0 Å². The van der Waals surface area contributed by atoms with E-state index in [0.29, 0.717) is 11.7 Å². The molecule has 0 aliphatic rings. The Morgan fingerprint density at radius 1 is 1.20 bits per heavy atom. The van der Waals surface area contributed by atoms with Crippen LogP contribution in [-0.2, 0) is 12.8 Å². The lowest BCUT2D eigenvalue weighted by molar-refractivity contribution is 0.374. The molecule has 0 aromatic carbocycles. The Labute approximate surface area is 119 Å². The minimum Gasteiger partial charge on any atom is -0.339 e. The van der Waals surface area contributed by atoms with Gasteiger partial charge in [0.2, 0.25) is 11.7 Å². The molecule has 0 atom stereocenters. The number of pyridine rings is 1. The highest BCUT2D eigenvalue weighted by Crippen LogP contribution is 2.20. The van der Waals surface area contributed by atoms with E-state index in [4.69, 9.17) is 10.3 Å². The van der Waals surface area contributed by atoms with Crippen LogP contribution >= 0.6 is 0 Å². The second kappa shape index (κ2) is 7.75. The molecule has 0 aliphatic carbocycles. The summed E-state index contributed by atoms with van der Waals surface area (Å²) >= 11 is 0. The van der Waals surface area contributed by atoms with Crippen molar-refractivity contribution in [1.82, 2.24) is 15.1 Å². The largest absolute Gasteiger partial charge is 0.339 e. The number of rotatable bonds is 8. The summed E-state index contributed by atoms with van der Waals surface area (Å²) < 4.78 is 5.32. The second-order valence-electron chi connectivity index (χ2n) is 4.85. The van der Waals surface area contributed by atoms with Gasteiger partial charge in [0.1, 0.15) is 0 Å². The van der Waals surface area contributed by atoms with Gasteiger partial charge in [0.15, 0.2) is 0 Å². The smallest absolute Gasteiger partial charge is 0.226 e. The highest BCUT2D eigenvalue weighted by Gasteiger charge is 2.11. The number of nitrogens with zero attached hydrogens (tertiary/aromatic N) is 3. The predicted octanol–water partition coefficient (Wildman–Crippen LogP) is 2.76. The molecule has 20 heavy (non-hydrogen) atoms. The maximum atomic E-state index is 5.47. The molecule has 5 nitrogen and oxygen atoms in total. The van der Waals surface area contributed by atoms with Crippen molar-refractivity contribution in [2.24, 2.45) is 5.73 Å². The Hall–Kier alpha value is -1.75. The first-order chi connectivity index (χ1) is 9.85. The van der Waals surface area contributed by atoms with Crippen LogP contribution in [0.2, 0.25) is 0 Å². The summed E-state index contributed by atoms with van der Waals surface area (Å²) in [5, 5.41) is 4.08. The SMILES string of the molecule is CCc1cnccc1-c1noc(CCCCCCN)n1. The molecule has 0 saturated heterocycles. The number of aromatic nitrogens is 3. The van der Waals surface area contributed by atoms with E-state index in [2.05, 4.69) is 22.0 Å². The number of hydrogen-bond donors (Lipinski definition) is 1. The Kier molecular flexibility index (Phi) is 5.68. The van der Waals surface area contributed by atoms with Crippen molar-refractivity contribution < 1.29 is 4.52 Å². The first-order valence-corrected chi connectivity index (χ1v) is 7.31. The number of aryl methyl sites for hydroxylation is 2. The minimum absolute atomic E-state index is 0.668. The molecular formula is C15H22N4O. The lowest BCUT2D eigenvalue weighted by Crippen LogP contribution is -1.97. The van der Waals surface area contributed by atoms with Crippen LogP contribution in [0.25, 0.3) is 11.4 Å². The summed E-state index contributed by atoms with van der Waals surface area (Å²) in [5.74, 6) is 1.38. The standard InChI is InChI=1S/C15H22N4O/c1-2-12-11-17-10-8-13(12)15-18-14(20-19-15)7-5-3-4-6-9-16/h8,10-11H,2-7,9,16H2,1H3. The molecule has 0 amide bonds. The molecule has 108 valence electrons. The first kappa shape index (κ1) is 14.7. The van der Waals surface area contributed by atoms with Crippen molar-refractivity contribution in [2.75, 3.05) is 6.54 Å². The van der Waals surface area contributed by atoms with Crippen molar-refractivity contribution in [1.29, 1.82) is 0 Å². The van der Waals surface area contributed by atoms with Gasteiger partial charge in [-0.1, -0.05) is 24.9 Å². The molecule has 2 heterocycles. The van der Waals surface area contributed by atoms with Crippen LogP contribution in [0.15, 0.2) is 23.0 Å². The minimum atomic E-state index is 0.668. The molecule has 0 unspecified atom stereocenters. The summed E-state index contributed by atoms with van der Waals surface area (Å²) in [7, 11) is 0. The van der Waals surface area contributed by atoms with Gasteiger partial charge >= 0.3 is 0 Å². The molecule has 0 saturated carbocycles. The van der Waals surface area contributed by atoms with Crippen molar-refractivity contribution in [2.45, 2.75) is 45.4 Å². The monoisotopic (exact) mass is 274 g/mol. The zero-order valence-electron chi connectivity index (χ0n) is 12.0. The molecule has 0 bridgehead atoms. The third-order valence-electron chi connectivity index (χ3n) is 3.34. The van der Waals surface area contributed by atoms with Crippen LogP contribution in [0.4, 0.5) is 0 Å². The zero-order valence-corrected chi connectivity index (χ0v) is 12.0. The maximum absolute atomic E-state index is 5.47. The van der Waals surface area contributed by atoms with Gasteiger partial charge in [-0.25, -0.2) is 0 Å². The molecule has 0 aliphatic heterocycles. The Bertz CT molecular complexity index is 524. The quantitative estimate of drug-likeness (QED) is 0.749. The van der Waals surface area contributed by atoms with Crippen molar-refractivity contribution in [3.05, 3.63) is 29.9 Å². The van der Waals surface area contributed by atoms with Crippen LogP contribution in [0, 0.1) is 0 Å². The van der Waals surface area contributed by atoms with E-state index >= 15 is 0 Å². The van der Waals surface area contributed by atoms with Crippen LogP contribution in [0.1, 0.15) is 44.1 Å². The van der Waals surface area contributed by atoms with Crippen molar-refractivity contribution in [3.63, 3.8) is 0 Å². The average molecular weight is 274 g/mol. The van der Waals surface area contributed by atoms with Crippen LogP contribution in [-0.4, -0.2) is 21.7 Å². The third kappa shape index (κ3) is 3.87.